The summed E-state index contributed by atoms with van der Waals surface area (Å²) in [6.07, 6.45) is 0. The molecule has 5 heteroatoms. The van der Waals surface area contributed by atoms with E-state index in [0.717, 1.165) is 0 Å². The molecular formula is C6H6BFO3. The predicted octanol–water partition coefficient (Wildman–Crippen LogP) is -0.370. The van der Waals surface area contributed by atoms with Crippen molar-refractivity contribution in [2.24, 2.45) is 0 Å². The average molecular weight is 156 g/mol. The Kier molecular flexibility index (Phi) is 2.46. The minimum Gasteiger partial charge on any atom is -0.423 e. The van der Waals surface area contributed by atoms with E-state index in [4.69, 9.17) is 10.0 Å². The Labute approximate surface area is 63.1 Å². The van der Waals surface area contributed by atoms with Gasteiger partial charge in [-0.2, -0.15) is 0 Å². The van der Waals surface area contributed by atoms with E-state index < -0.39 is 7.12 Å². The molecule has 0 radical (unpaired) electrons. The fourth-order valence-electron chi connectivity index (χ4n) is 0.691. The molecule has 0 aliphatic heterocycles. The molecule has 0 bridgehead atoms. The molecule has 3 nitrogen and oxygen atoms in total. The summed E-state index contributed by atoms with van der Waals surface area (Å²) < 4.78 is 11.4. The maximum atomic E-state index is 11.4. The van der Waals surface area contributed by atoms with Crippen molar-refractivity contribution in [2.75, 3.05) is 0 Å². The quantitative estimate of drug-likeness (QED) is 0.574. The van der Waals surface area contributed by atoms with E-state index in [1.54, 1.807) is 0 Å². The van der Waals surface area contributed by atoms with Crippen molar-refractivity contribution in [3.63, 3.8) is 0 Å². The molecule has 0 fully saturated rings. The van der Waals surface area contributed by atoms with E-state index in [2.05, 4.69) is 4.94 Å². The van der Waals surface area contributed by atoms with Crippen LogP contribution in [-0.2, 0) is 0 Å². The largest absolute Gasteiger partial charge is 0.488 e. The van der Waals surface area contributed by atoms with E-state index >= 15 is 0 Å². The van der Waals surface area contributed by atoms with Crippen LogP contribution in [0, 0.1) is 0 Å². The molecule has 0 heterocycles. The van der Waals surface area contributed by atoms with Gasteiger partial charge in [-0.15, -0.1) is 0 Å². The SMILES string of the molecule is OB(O)c1ccc(OF)cc1. The van der Waals surface area contributed by atoms with Crippen LogP contribution in [0.1, 0.15) is 0 Å². The minimum atomic E-state index is -1.52. The average Bonchev–Trinajstić information content (AvgIpc) is 2.05. The van der Waals surface area contributed by atoms with E-state index in [1.807, 2.05) is 0 Å². The van der Waals surface area contributed by atoms with E-state index in [1.165, 1.54) is 24.3 Å². The second-order valence-corrected chi connectivity index (χ2v) is 2.02. The zero-order valence-electron chi connectivity index (χ0n) is 5.57. The summed E-state index contributed by atoms with van der Waals surface area (Å²) in [5.41, 5.74) is 0.297. The second kappa shape index (κ2) is 3.36. The molecule has 0 unspecified atom stereocenters. The monoisotopic (exact) mass is 156 g/mol. The van der Waals surface area contributed by atoms with Gasteiger partial charge in [0.05, 0.1) is 0 Å². The summed E-state index contributed by atoms with van der Waals surface area (Å²) in [7, 11) is -1.52. The van der Waals surface area contributed by atoms with Crippen LogP contribution in [0.2, 0.25) is 0 Å². The van der Waals surface area contributed by atoms with Gasteiger partial charge in [-0.05, 0) is 17.6 Å². The van der Waals surface area contributed by atoms with Crippen LogP contribution < -0.4 is 10.4 Å². The molecule has 2 N–H and O–H groups in total. The molecule has 11 heavy (non-hydrogen) atoms. The van der Waals surface area contributed by atoms with Crippen LogP contribution in [0.5, 0.6) is 5.75 Å². The lowest BCUT2D eigenvalue weighted by Gasteiger charge is -1.97. The number of halogens is 1. The smallest absolute Gasteiger partial charge is 0.423 e. The third-order valence-corrected chi connectivity index (χ3v) is 1.27. The highest BCUT2D eigenvalue weighted by Crippen LogP contribution is 2.06. The molecule has 0 atom stereocenters. The lowest BCUT2D eigenvalue weighted by atomic mass is 9.80. The highest BCUT2D eigenvalue weighted by molar-refractivity contribution is 6.58. The molecule has 0 spiro atoms. The van der Waals surface area contributed by atoms with Crippen molar-refractivity contribution in [3.8, 4) is 5.75 Å². The Morgan fingerprint density at radius 1 is 1.18 bits per heavy atom. The van der Waals surface area contributed by atoms with Crippen molar-refractivity contribution in [3.05, 3.63) is 24.3 Å². The van der Waals surface area contributed by atoms with Gasteiger partial charge >= 0.3 is 7.12 Å². The van der Waals surface area contributed by atoms with E-state index in [-0.39, 0.29) is 5.75 Å². The summed E-state index contributed by atoms with van der Waals surface area (Å²) in [5, 5.41) is 17.2. The summed E-state index contributed by atoms with van der Waals surface area (Å²) in [4.78, 5) is 3.39. The number of benzene rings is 1. The summed E-state index contributed by atoms with van der Waals surface area (Å²) in [6.45, 7) is 0. The Balaban J connectivity index is 2.83. The highest BCUT2D eigenvalue weighted by atomic mass is 19.3. The zero-order valence-corrected chi connectivity index (χ0v) is 5.57. The van der Waals surface area contributed by atoms with Gasteiger partial charge in [0.2, 0.25) is 0 Å². The maximum absolute atomic E-state index is 11.4. The van der Waals surface area contributed by atoms with Gasteiger partial charge in [0.25, 0.3) is 0 Å². The maximum Gasteiger partial charge on any atom is 0.488 e. The van der Waals surface area contributed by atoms with Gasteiger partial charge < -0.3 is 10.0 Å². The van der Waals surface area contributed by atoms with Crippen molar-refractivity contribution >= 4 is 12.6 Å². The molecule has 0 saturated carbocycles. The Morgan fingerprint density at radius 2 is 1.73 bits per heavy atom. The molecule has 0 aliphatic rings. The van der Waals surface area contributed by atoms with Crippen LogP contribution in [0.4, 0.5) is 4.53 Å². The standard InChI is InChI=1S/C6H6BFO3/c8-11-6-3-1-5(2-4-6)7(9)10/h1-4,9-10H. The van der Waals surface area contributed by atoms with Crippen LogP contribution in [0.15, 0.2) is 24.3 Å². The lowest BCUT2D eigenvalue weighted by Crippen LogP contribution is -2.29. The molecule has 0 aliphatic carbocycles. The topological polar surface area (TPSA) is 49.7 Å². The normalized spacial score (nSPS) is 9.36. The Morgan fingerprint density at radius 3 is 2.09 bits per heavy atom. The van der Waals surface area contributed by atoms with Gasteiger partial charge in [-0.3, -0.25) is 4.94 Å². The molecular weight excluding hydrogens is 150 g/mol. The van der Waals surface area contributed by atoms with Crippen LogP contribution in [0.25, 0.3) is 0 Å². The first-order valence-corrected chi connectivity index (χ1v) is 2.98. The molecule has 0 saturated heterocycles. The van der Waals surface area contributed by atoms with Gasteiger partial charge in [0.15, 0.2) is 5.75 Å². The van der Waals surface area contributed by atoms with Crippen molar-refractivity contribution in [1.29, 1.82) is 0 Å². The molecule has 58 valence electrons. The molecule has 0 aromatic heterocycles. The first-order valence-electron chi connectivity index (χ1n) is 2.98. The third kappa shape index (κ3) is 1.93. The van der Waals surface area contributed by atoms with Crippen LogP contribution >= 0.6 is 0 Å². The number of rotatable bonds is 2. The van der Waals surface area contributed by atoms with Crippen molar-refractivity contribution in [1.82, 2.24) is 0 Å². The lowest BCUT2D eigenvalue weighted by molar-refractivity contribution is -0.00618. The van der Waals surface area contributed by atoms with Crippen molar-refractivity contribution in [2.45, 2.75) is 0 Å². The minimum absolute atomic E-state index is 0.0365. The zero-order chi connectivity index (χ0) is 8.27. The van der Waals surface area contributed by atoms with Crippen LogP contribution in [-0.4, -0.2) is 17.2 Å². The molecule has 1 aromatic rings. The third-order valence-electron chi connectivity index (χ3n) is 1.27. The van der Waals surface area contributed by atoms with Gasteiger partial charge in [-0.1, -0.05) is 12.1 Å². The van der Waals surface area contributed by atoms with Crippen LogP contribution in [0.3, 0.4) is 0 Å². The Bertz CT molecular complexity index is 224. The van der Waals surface area contributed by atoms with Gasteiger partial charge in [0, 0.05) is 4.53 Å². The number of hydrogen-bond donors (Lipinski definition) is 2. The molecule has 1 aromatic carbocycles. The molecule has 0 amide bonds. The predicted molar refractivity (Wildman–Crippen MR) is 38.0 cm³/mol. The first kappa shape index (κ1) is 8.04. The number of hydrogen-bond acceptors (Lipinski definition) is 3. The van der Waals surface area contributed by atoms with Gasteiger partial charge in [-0.25, -0.2) is 0 Å². The summed E-state index contributed by atoms with van der Waals surface area (Å²) in [6, 6.07) is 5.32. The second-order valence-electron chi connectivity index (χ2n) is 2.02. The van der Waals surface area contributed by atoms with E-state index in [9.17, 15) is 4.53 Å². The van der Waals surface area contributed by atoms with E-state index in [0.29, 0.717) is 5.46 Å². The summed E-state index contributed by atoms with van der Waals surface area (Å²) >= 11 is 0. The summed E-state index contributed by atoms with van der Waals surface area (Å²) in [5.74, 6) is 0.0365. The van der Waals surface area contributed by atoms with Gasteiger partial charge in [0.1, 0.15) is 0 Å². The molecule has 1 rings (SSSR count). The fraction of sp³-hybridized carbons (Fsp3) is 0. The fourth-order valence-corrected chi connectivity index (χ4v) is 0.691. The van der Waals surface area contributed by atoms with Crippen molar-refractivity contribution < 1.29 is 19.5 Å². The first-order chi connectivity index (χ1) is 5.24. The Hall–Kier alpha value is -1.07. The highest BCUT2D eigenvalue weighted by Gasteiger charge is 2.09.